The van der Waals surface area contributed by atoms with Gasteiger partial charge in [0, 0.05) is 12.2 Å². The Hall–Kier alpha value is -2.00. The van der Waals surface area contributed by atoms with Crippen LogP contribution in [0.2, 0.25) is 0 Å². The molecule has 2 aromatic carbocycles. The molecule has 0 radical (unpaired) electrons. The Balaban J connectivity index is 0.00000408. The molecule has 1 amide bonds. The molecule has 1 saturated heterocycles. The number of carbonyl (C=O) groups is 1. The predicted molar refractivity (Wildman–Crippen MR) is 150 cm³/mol. The molecule has 4 heteroatoms. The van der Waals surface area contributed by atoms with Gasteiger partial charge >= 0.3 is 0 Å². The smallest absolute Gasteiger partial charge is 0.235 e. The van der Waals surface area contributed by atoms with Crippen LogP contribution in [0.1, 0.15) is 115 Å². The van der Waals surface area contributed by atoms with Crippen LogP contribution in [0.25, 0.3) is 0 Å². The summed E-state index contributed by atoms with van der Waals surface area (Å²) in [5.41, 5.74) is 7.22. The number of nitrogens with zero attached hydrogens (tertiary/aromatic N) is 2. The predicted octanol–water partition coefficient (Wildman–Crippen LogP) is 8.44. The molecule has 0 unspecified atom stereocenters. The van der Waals surface area contributed by atoms with Gasteiger partial charge < -0.3 is 4.90 Å². The van der Waals surface area contributed by atoms with Crippen molar-refractivity contribution in [3.8, 4) is 0 Å². The molecule has 34 heavy (non-hydrogen) atoms. The van der Waals surface area contributed by atoms with E-state index in [1.54, 1.807) is 0 Å². The minimum Gasteiger partial charge on any atom is -0.352 e. The van der Waals surface area contributed by atoms with Crippen molar-refractivity contribution in [1.29, 1.82) is 0 Å². The molecule has 1 fully saturated rings. The molecular weight excluding hydrogens is 440 g/mol. The first-order valence-corrected chi connectivity index (χ1v) is 12.7. The third kappa shape index (κ3) is 5.30. The summed E-state index contributed by atoms with van der Waals surface area (Å²) < 4.78 is 0. The molecule has 0 saturated carbocycles. The van der Waals surface area contributed by atoms with Crippen LogP contribution in [0.3, 0.4) is 0 Å². The third-order valence-corrected chi connectivity index (χ3v) is 6.99. The number of carbonyl (C=O) groups excluding carboxylic acids is 1. The Morgan fingerprint density at radius 2 is 1.03 bits per heavy atom. The Morgan fingerprint density at radius 3 is 1.38 bits per heavy atom. The first-order chi connectivity index (χ1) is 15.4. The molecule has 0 spiro atoms. The van der Waals surface area contributed by atoms with E-state index in [0.29, 0.717) is 30.3 Å². The molecule has 2 aromatic rings. The number of rotatable bonds is 6. The number of halogens is 1. The van der Waals surface area contributed by atoms with E-state index in [1.165, 1.54) is 27.9 Å². The molecular formula is C30H45ClN2O. The van der Waals surface area contributed by atoms with Gasteiger partial charge in [0.1, 0.15) is 0 Å². The second-order valence-corrected chi connectivity index (χ2v) is 11.6. The average Bonchev–Trinajstić information content (AvgIpc) is 2.74. The van der Waals surface area contributed by atoms with E-state index in [-0.39, 0.29) is 18.3 Å². The second-order valence-electron chi connectivity index (χ2n) is 11.6. The van der Waals surface area contributed by atoms with Gasteiger partial charge in [-0.2, -0.15) is 0 Å². The van der Waals surface area contributed by atoms with E-state index in [0.717, 1.165) is 12.2 Å². The zero-order valence-electron chi connectivity index (χ0n) is 22.9. The molecule has 0 aliphatic carbocycles. The van der Waals surface area contributed by atoms with Gasteiger partial charge in [-0.1, -0.05) is 91.8 Å². The van der Waals surface area contributed by atoms with Crippen molar-refractivity contribution in [2.24, 2.45) is 5.41 Å². The van der Waals surface area contributed by atoms with Crippen molar-refractivity contribution in [2.75, 3.05) is 23.0 Å². The van der Waals surface area contributed by atoms with Crippen LogP contribution >= 0.6 is 12.4 Å². The highest BCUT2D eigenvalue weighted by molar-refractivity contribution is 6.00. The summed E-state index contributed by atoms with van der Waals surface area (Å²) in [6.07, 6.45) is 0. The van der Waals surface area contributed by atoms with Gasteiger partial charge in [-0.3, -0.25) is 9.69 Å². The van der Waals surface area contributed by atoms with E-state index >= 15 is 0 Å². The maximum Gasteiger partial charge on any atom is 0.235 e. The van der Waals surface area contributed by atoms with Crippen molar-refractivity contribution in [3.05, 3.63) is 58.7 Å². The first-order valence-electron chi connectivity index (χ1n) is 12.7. The van der Waals surface area contributed by atoms with Crippen LogP contribution in [-0.2, 0) is 4.79 Å². The van der Waals surface area contributed by atoms with Crippen LogP contribution in [0.4, 0.5) is 11.4 Å². The summed E-state index contributed by atoms with van der Waals surface area (Å²) in [5.74, 6) is 1.75. The van der Waals surface area contributed by atoms with Crippen LogP contribution in [-0.4, -0.2) is 19.1 Å². The molecule has 0 N–H and O–H groups in total. The fourth-order valence-corrected chi connectivity index (χ4v) is 5.22. The Bertz CT molecular complexity index is 954. The number of amides is 1. The second kappa shape index (κ2) is 10.7. The summed E-state index contributed by atoms with van der Waals surface area (Å²) in [7, 11) is 0. The summed E-state index contributed by atoms with van der Waals surface area (Å²) in [4.78, 5) is 18.5. The zero-order valence-corrected chi connectivity index (χ0v) is 23.7. The minimum atomic E-state index is -0.477. The number of hydrogen-bond donors (Lipinski definition) is 0. The van der Waals surface area contributed by atoms with Gasteiger partial charge in [0.2, 0.25) is 5.91 Å². The Kier molecular flexibility index (Phi) is 8.91. The Morgan fingerprint density at radius 1 is 0.676 bits per heavy atom. The summed E-state index contributed by atoms with van der Waals surface area (Å²) in [6, 6.07) is 13.3. The van der Waals surface area contributed by atoms with E-state index < -0.39 is 5.41 Å². The molecule has 0 aromatic heterocycles. The molecule has 0 bridgehead atoms. The highest BCUT2D eigenvalue weighted by atomic mass is 35.5. The lowest BCUT2D eigenvalue weighted by Gasteiger charge is -2.47. The van der Waals surface area contributed by atoms with Crippen LogP contribution < -0.4 is 9.80 Å². The van der Waals surface area contributed by atoms with Gasteiger partial charge in [-0.15, -0.1) is 12.4 Å². The summed E-state index contributed by atoms with van der Waals surface area (Å²) in [5, 5.41) is 0. The molecule has 0 atom stereocenters. The zero-order chi connectivity index (χ0) is 24.7. The van der Waals surface area contributed by atoms with Crippen molar-refractivity contribution >= 4 is 29.7 Å². The van der Waals surface area contributed by atoms with Crippen molar-refractivity contribution in [1.82, 2.24) is 0 Å². The molecule has 3 rings (SSSR count). The van der Waals surface area contributed by atoms with Gasteiger partial charge in [0.05, 0.1) is 17.8 Å². The quantitative estimate of drug-likeness (QED) is 0.410. The topological polar surface area (TPSA) is 23.6 Å². The van der Waals surface area contributed by atoms with E-state index in [9.17, 15) is 4.79 Å². The highest BCUT2D eigenvalue weighted by Crippen LogP contribution is 2.43. The van der Waals surface area contributed by atoms with Gasteiger partial charge in [0.15, 0.2) is 0 Å². The maximum absolute atomic E-state index is 13.9. The van der Waals surface area contributed by atoms with Crippen molar-refractivity contribution in [3.63, 3.8) is 0 Å². The Labute approximate surface area is 214 Å². The number of para-hydroxylation sites is 2. The average molecular weight is 485 g/mol. The van der Waals surface area contributed by atoms with Crippen LogP contribution in [0, 0.1) is 5.41 Å². The standard InChI is InChI=1S/C30H44N2O.ClH/c1-19(2)23-13-11-14-24(20(3)4)27(23)31-17-30(9,10)29(33)32(18-31)28-25(21(5)6)15-12-16-26(28)22(7)8;/h11-16,19-22H,17-18H2,1-10H3;1H. The monoisotopic (exact) mass is 484 g/mol. The van der Waals surface area contributed by atoms with E-state index in [4.69, 9.17) is 0 Å². The molecule has 3 nitrogen and oxygen atoms in total. The lowest BCUT2D eigenvalue weighted by Crippen LogP contribution is -2.58. The normalized spacial score (nSPS) is 16.1. The van der Waals surface area contributed by atoms with Crippen molar-refractivity contribution in [2.45, 2.75) is 92.9 Å². The fourth-order valence-electron chi connectivity index (χ4n) is 5.22. The minimum absolute atomic E-state index is 0. The van der Waals surface area contributed by atoms with E-state index in [1.807, 2.05) is 0 Å². The molecule has 188 valence electrons. The highest BCUT2D eigenvalue weighted by Gasteiger charge is 2.42. The van der Waals surface area contributed by atoms with E-state index in [2.05, 4.69) is 115 Å². The molecule has 1 heterocycles. The number of anilines is 2. The maximum atomic E-state index is 13.9. The SMILES string of the molecule is CC(C)c1cccc(C(C)C)c1N1CN(c2c(C(C)C)cccc2C(C)C)C(=O)C(C)(C)C1.Cl. The number of hydrogen-bond acceptors (Lipinski definition) is 2. The van der Waals surface area contributed by atoms with Crippen LogP contribution in [0.15, 0.2) is 36.4 Å². The lowest BCUT2D eigenvalue weighted by molar-refractivity contribution is -0.127. The van der Waals surface area contributed by atoms with Crippen LogP contribution in [0.5, 0.6) is 0 Å². The lowest BCUT2D eigenvalue weighted by atomic mass is 9.84. The van der Waals surface area contributed by atoms with Crippen molar-refractivity contribution < 1.29 is 4.79 Å². The molecule has 1 aliphatic heterocycles. The van der Waals surface area contributed by atoms with Gasteiger partial charge in [-0.25, -0.2) is 0 Å². The summed E-state index contributed by atoms with van der Waals surface area (Å²) in [6.45, 7) is 23.5. The third-order valence-electron chi connectivity index (χ3n) is 6.99. The number of benzene rings is 2. The first kappa shape index (κ1) is 28.2. The summed E-state index contributed by atoms with van der Waals surface area (Å²) >= 11 is 0. The fraction of sp³-hybridized carbons (Fsp3) is 0.567. The largest absolute Gasteiger partial charge is 0.352 e. The van der Waals surface area contributed by atoms with Gasteiger partial charge in [0.25, 0.3) is 0 Å². The van der Waals surface area contributed by atoms with Gasteiger partial charge in [-0.05, 0) is 59.8 Å². The molecule has 1 aliphatic rings.